The van der Waals surface area contributed by atoms with Crippen LogP contribution in [0.2, 0.25) is 0 Å². The Hall–Kier alpha value is -2.92. The van der Waals surface area contributed by atoms with E-state index in [0.29, 0.717) is 0 Å². The van der Waals surface area contributed by atoms with E-state index in [-0.39, 0.29) is 6.04 Å². The van der Waals surface area contributed by atoms with Crippen LogP contribution in [0.5, 0.6) is 17.2 Å². The predicted octanol–water partition coefficient (Wildman–Crippen LogP) is 4.51. The average Bonchev–Trinajstić information content (AvgIpc) is 3.15. The molecule has 5 heteroatoms. The molecule has 0 radical (unpaired) electrons. The molecule has 0 fully saturated rings. The van der Waals surface area contributed by atoms with E-state index < -0.39 is 0 Å². The van der Waals surface area contributed by atoms with Gasteiger partial charge in [-0.2, -0.15) is 0 Å². The Kier molecular flexibility index (Phi) is 5.76. The van der Waals surface area contributed by atoms with E-state index in [0.717, 1.165) is 48.9 Å². The molecule has 0 spiro atoms. The van der Waals surface area contributed by atoms with Gasteiger partial charge in [-0.3, -0.25) is 4.90 Å². The molecule has 1 unspecified atom stereocenters. The van der Waals surface area contributed by atoms with Crippen LogP contribution in [0.1, 0.15) is 29.3 Å². The maximum atomic E-state index is 5.64. The molecule has 0 bridgehead atoms. The molecular weight excluding hydrogens is 364 g/mol. The van der Waals surface area contributed by atoms with Crippen LogP contribution in [0.25, 0.3) is 0 Å². The van der Waals surface area contributed by atoms with Gasteiger partial charge in [0.2, 0.25) is 0 Å². The number of hydrogen-bond donors (Lipinski definition) is 0. The fourth-order valence-corrected chi connectivity index (χ4v) is 4.23. The number of nitrogens with zero attached hydrogens (tertiary/aromatic N) is 2. The van der Waals surface area contributed by atoms with Gasteiger partial charge >= 0.3 is 0 Å². The Labute approximate surface area is 172 Å². The molecule has 3 aromatic rings. The number of hydrogen-bond acceptors (Lipinski definition) is 4. The molecular formula is C24H28N2O3. The van der Waals surface area contributed by atoms with Crippen LogP contribution in [-0.2, 0) is 13.1 Å². The van der Waals surface area contributed by atoms with Gasteiger partial charge < -0.3 is 18.8 Å². The average molecular weight is 392 g/mol. The summed E-state index contributed by atoms with van der Waals surface area (Å²) >= 11 is 0. The molecule has 2 heterocycles. The largest absolute Gasteiger partial charge is 0.497 e. The summed E-state index contributed by atoms with van der Waals surface area (Å²) in [6, 6.07) is 18.9. The monoisotopic (exact) mass is 392 g/mol. The second-order valence-corrected chi connectivity index (χ2v) is 7.31. The summed E-state index contributed by atoms with van der Waals surface area (Å²) in [5, 5.41) is 0. The van der Waals surface area contributed by atoms with Crippen LogP contribution in [-0.4, -0.2) is 37.3 Å². The van der Waals surface area contributed by atoms with Gasteiger partial charge in [0.05, 0.1) is 27.4 Å². The lowest BCUT2D eigenvalue weighted by molar-refractivity contribution is 0.216. The highest BCUT2D eigenvalue weighted by Gasteiger charge is 2.28. The smallest absolute Gasteiger partial charge is 0.123 e. The van der Waals surface area contributed by atoms with Crippen LogP contribution in [0.3, 0.4) is 0 Å². The van der Waals surface area contributed by atoms with Crippen LogP contribution < -0.4 is 14.2 Å². The number of rotatable bonds is 6. The molecule has 1 aliphatic rings. The second kappa shape index (κ2) is 8.62. The molecule has 1 aliphatic heterocycles. The van der Waals surface area contributed by atoms with Crippen LogP contribution in [0.4, 0.5) is 0 Å². The second-order valence-electron chi connectivity index (χ2n) is 7.31. The fraction of sp³-hybridized carbons (Fsp3) is 0.333. The lowest BCUT2D eigenvalue weighted by Gasteiger charge is -2.31. The van der Waals surface area contributed by atoms with Crippen LogP contribution in [0, 0.1) is 0 Å². The first-order valence-corrected chi connectivity index (χ1v) is 9.97. The number of benzene rings is 2. The zero-order valence-corrected chi connectivity index (χ0v) is 17.3. The summed E-state index contributed by atoms with van der Waals surface area (Å²) in [7, 11) is 5.13. The van der Waals surface area contributed by atoms with E-state index in [4.69, 9.17) is 14.2 Å². The zero-order chi connectivity index (χ0) is 20.2. The fourth-order valence-electron chi connectivity index (χ4n) is 4.23. The molecule has 1 aromatic heterocycles. The molecule has 5 nitrogen and oxygen atoms in total. The van der Waals surface area contributed by atoms with Crippen molar-refractivity contribution < 1.29 is 14.2 Å². The van der Waals surface area contributed by atoms with Crippen molar-refractivity contribution in [3.05, 3.63) is 77.6 Å². The highest BCUT2D eigenvalue weighted by molar-refractivity contribution is 5.41. The normalized spacial score (nSPS) is 16.7. The molecule has 0 N–H and O–H groups in total. The van der Waals surface area contributed by atoms with Gasteiger partial charge in [-0.05, 0) is 54.4 Å². The van der Waals surface area contributed by atoms with Crippen molar-refractivity contribution in [1.82, 2.24) is 9.47 Å². The van der Waals surface area contributed by atoms with E-state index in [1.807, 2.05) is 18.2 Å². The summed E-state index contributed by atoms with van der Waals surface area (Å²) in [5.74, 6) is 2.61. The highest BCUT2D eigenvalue weighted by atomic mass is 16.5. The van der Waals surface area contributed by atoms with Gasteiger partial charge in [0, 0.05) is 37.1 Å². The molecule has 152 valence electrons. The molecule has 0 aliphatic carbocycles. The molecule has 4 rings (SSSR count). The van der Waals surface area contributed by atoms with Crippen molar-refractivity contribution in [2.45, 2.75) is 25.6 Å². The first kappa shape index (κ1) is 19.4. The Morgan fingerprint density at radius 3 is 2.48 bits per heavy atom. The van der Waals surface area contributed by atoms with Crippen LogP contribution >= 0.6 is 0 Å². The van der Waals surface area contributed by atoms with Crippen molar-refractivity contribution in [2.24, 2.45) is 0 Å². The molecule has 29 heavy (non-hydrogen) atoms. The van der Waals surface area contributed by atoms with Gasteiger partial charge in [0.15, 0.2) is 0 Å². The Morgan fingerprint density at radius 2 is 1.69 bits per heavy atom. The van der Waals surface area contributed by atoms with Crippen molar-refractivity contribution >= 4 is 0 Å². The Morgan fingerprint density at radius 1 is 0.862 bits per heavy atom. The Balaban J connectivity index is 1.76. The predicted molar refractivity (Wildman–Crippen MR) is 114 cm³/mol. The highest BCUT2D eigenvalue weighted by Crippen LogP contribution is 2.36. The van der Waals surface area contributed by atoms with Gasteiger partial charge in [-0.1, -0.05) is 12.1 Å². The minimum atomic E-state index is 0.138. The van der Waals surface area contributed by atoms with Gasteiger partial charge in [-0.15, -0.1) is 0 Å². The van der Waals surface area contributed by atoms with Crippen molar-refractivity contribution in [2.75, 3.05) is 27.9 Å². The van der Waals surface area contributed by atoms with Crippen molar-refractivity contribution in [3.63, 3.8) is 0 Å². The summed E-state index contributed by atoms with van der Waals surface area (Å²) in [4.78, 5) is 2.52. The van der Waals surface area contributed by atoms with E-state index >= 15 is 0 Å². The summed E-state index contributed by atoms with van der Waals surface area (Å²) in [6.07, 6.45) is 3.27. The van der Waals surface area contributed by atoms with Crippen molar-refractivity contribution in [1.29, 1.82) is 0 Å². The van der Waals surface area contributed by atoms with E-state index in [1.54, 1.807) is 21.3 Å². The number of ether oxygens (including phenoxy) is 3. The third-order valence-corrected chi connectivity index (χ3v) is 5.62. The van der Waals surface area contributed by atoms with Gasteiger partial charge in [0.1, 0.15) is 17.2 Å². The summed E-state index contributed by atoms with van der Waals surface area (Å²) in [6.45, 7) is 2.78. The zero-order valence-electron chi connectivity index (χ0n) is 17.3. The number of aryl methyl sites for hydroxylation is 1. The van der Waals surface area contributed by atoms with E-state index in [2.05, 4.69) is 52.1 Å². The third kappa shape index (κ3) is 3.96. The molecule has 2 aromatic carbocycles. The van der Waals surface area contributed by atoms with E-state index in [1.165, 1.54) is 11.3 Å². The minimum Gasteiger partial charge on any atom is -0.497 e. The summed E-state index contributed by atoms with van der Waals surface area (Å²) in [5.41, 5.74) is 3.66. The van der Waals surface area contributed by atoms with E-state index in [9.17, 15) is 0 Å². The topological polar surface area (TPSA) is 35.9 Å². The first-order chi connectivity index (χ1) is 14.2. The SMILES string of the molecule is COc1cccc(C2c3cccn3CCCN2Cc2cc(OC)ccc2OC)c1. The maximum absolute atomic E-state index is 5.64. The van der Waals surface area contributed by atoms with Gasteiger partial charge in [-0.25, -0.2) is 0 Å². The minimum absolute atomic E-state index is 0.138. The molecule has 0 saturated carbocycles. The summed E-state index contributed by atoms with van der Waals surface area (Å²) < 4.78 is 19.0. The molecule has 0 amide bonds. The lowest BCUT2D eigenvalue weighted by Crippen LogP contribution is -2.29. The Bertz CT molecular complexity index is 966. The molecule has 1 atom stereocenters. The number of methoxy groups -OCH3 is 3. The third-order valence-electron chi connectivity index (χ3n) is 5.62. The lowest BCUT2D eigenvalue weighted by atomic mass is 10.0. The number of fused-ring (bicyclic) bond motifs is 1. The van der Waals surface area contributed by atoms with Gasteiger partial charge in [0.25, 0.3) is 0 Å². The number of aromatic nitrogens is 1. The van der Waals surface area contributed by atoms with Crippen LogP contribution in [0.15, 0.2) is 60.8 Å². The van der Waals surface area contributed by atoms with Crippen molar-refractivity contribution in [3.8, 4) is 17.2 Å². The molecule has 0 saturated heterocycles. The quantitative estimate of drug-likeness (QED) is 0.618. The standard InChI is InChI=1S/C24H28N2O3/c1-27-20-8-4-7-18(15-20)24-22-9-5-12-25(22)13-6-14-26(24)17-19-16-21(28-2)10-11-23(19)29-3/h4-5,7-12,15-16,24H,6,13-14,17H2,1-3H3. The maximum Gasteiger partial charge on any atom is 0.123 e. The first-order valence-electron chi connectivity index (χ1n) is 9.97.